The van der Waals surface area contributed by atoms with Gasteiger partial charge in [-0.2, -0.15) is 0 Å². The van der Waals surface area contributed by atoms with Gasteiger partial charge in [-0.15, -0.1) is 0 Å². The molecule has 1 heterocycles. The first-order valence-electron chi connectivity index (χ1n) is 9.38. The van der Waals surface area contributed by atoms with Gasteiger partial charge in [-0.05, 0) is 48.9 Å². The van der Waals surface area contributed by atoms with E-state index in [-0.39, 0.29) is 0 Å². The highest BCUT2D eigenvalue weighted by molar-refractivity contribution is 5.86. The molecule has 0 aliphatic carbocycles. The third-order valence-electron chi connectivity index (χ3n) is 4.97. The molecule has 3 aromatic carbocycles. The SMILES string of the molecule is C=C(OC)c1cc(C)ccc1Nc1ccc2c(ccn2Cc2ccccc2)c1. The van der Waals surface area contributed by atoms with E-state index in [0.717, 1.165) is 23.5 Å². The number of aromatic nitrogens is 1. The average molecular weight is 368 g/mol. The van der Waals surface area contributed by atoms with Crippen LogP contribution in [0.2, 0.25) is 0 Å². The Hall–Kier alpha value is -3.46. The lowest BCUT2D eigenvalue weighted by molar-refractivity contribution is 0.371. The van der Waals surface area contributed by atoms with Gasteiger partial charge in [-0.1, -0.05) is 48.5 Å². The predicted octanol–water partition coefficient (Wildman–Crippen LogP) is 6.36. The van der Waals surface area contributed by atoms with Gasteiger partial charge in [0.15, 0.2) is 0 Å². The number of benzene rings is 3. The Kier molecular flexibility index (Phi) is 4.90. The molecule has 0 atom stereocenters. The molecule has 0 radical (unpaired) electrons. The van der Waals surface area contributed by atoms with Crippen molar-refractivity contribution in [2.24, 2.45) is 0 Å². The van der Waals surface area contributed by atoms with Gasteiger partial charge in [-0.3, -0.25) is 0 Å². The Morgan fingerprint density at radius 2 is 1.82 bits per heavy atom. The van der Waals surface area contributed by atoms with E-state index in [9.17, 15) is 0 Å². The lowest BCUT2D eigenvalue weighted by Crippen LogP contribution is -1.99. The summed E-state index contributed by atoms with van der Waals surface area (Å²) in [5, 5.41) is 4.72. The summed E-state index contributed by atoms with van der Waals surface area (Å²) >= 11 is 0. The van der Waals surface area contributed by atoms with Crippen LogP contribution in [-0.4, -0.2) is 11.7 Å². The summed E-state index contributed by atoms with van der Waals surface area (Å²) < 4.78 is 7.64. The van der Waals surface area contributed by atoms with Crippen LogP contribution in [0.3, 0.4) is 0 Å². The Bertz CT molecular complexity index is 1130. The second kappa shape index (κ2) is 7.65. The normalized spacial score (nSPS) is 10.8. The Labute approximate surface area is 165 Å². The van der Waals surface area contributed by atoms with Crippen molar-refractivity contribution < 1.29 is 4.74 Å². The van der Waals surface area contributed by atoms with Gasteiger partial charge in [0.05, 0.1) is 7.11 Å². The summed E-state index contributed by atoms with van der Waals surface area (Å²) in [7, 11) is 1.65. The molecule has 4 rings (SSSR count). The number of hydrogen-bond donors (Lipinski definition) is 1. The molecule has 1 N–H and O–H groups in total. The largest absolute Gasteiger partial charge is 0.497 e. The second-order valence-electron chi connectivity index (χ2n) is 7.00. The van der Waals surface area contributed by atoms with E-state index in [1.54, 1.807) is 7.11 Å². The van der Waals surface area contributed by atoms with Crippen molar-refractivity contribution in [1.29, 1.82) is 0 Å². The van der Waals surface area contributed by atoms with E-state index in [0.29, 0.717) is 5.76 Å². The maximum absolute atomic E-state index is 5.36. The monoisotopic (exact) mass is 368 g/mol. The van der Waals surface area contributed by atoms with E-state index < -0.39 is 0 Å². The van der Waals surface area contributed by atoms with Gasteiger partial charge >= 0.3 is 0 Å². The quantitative estimate of drug-likeness (QED) is 0.401. The third kappa shape index (κ3) is 3.65. The van der Waals surface area contributed by atoms with E-state index >= 15 is 0 Å². The number of fused-ring (bicyclic) bond motifs is 1. The van der Waals surface area contributed by atoms with Crippen LogP contribution in [0.1, 0.15) is 16.7 Å². The molecule has 0 saturated carbocycles. The highest BCUT2D eigenvalue weighted by atomic mass is 16.5. The number of aryl methyl sites for hydroxylation is 1. The first-order chi connectivity index (χ1) is 13.6. The highest BCUT2D eigenvalue weighted by Gasteiger charge is 2.09. The van der Waals surface area contributed by atoms with Gasteiger partial charge in [-0.25, -0.2) is 0 Å². The van der Waals surface area contributed by atoms with Crippen LogP contribution in [-0.2, 0) is 11.3 Å². The van der Waals surface area contributed by atoms with Crippen LogP contribution in [0.5, 0.6) is 0 Å². The highest BCUT2D eigenvalue weighted by Crippen LogP contribution is 2.29. The third-order valence-corrected chi connectivity index (χ3v) is 4.97. The van der Waals surface area contributed by atoms with E-state index in [4.69, 9.17) is 4.74 Å². The summed E-state index contributed by atoms with van der Waals surface area (Å²) in [5.41, 5.74) is 6.69. The molecule has 28 heavy (non-hydrogen) atoms. The molecule has 0 unspecified atom stereocenters. The summed E-state index contributed by atoms with van der Waals surface area (Å²) in [6.07, 6.45) is 2.14. The number of ether oxygens (including phenoxy) is 1. The van der Waals surface area contributed by atoms with Gasteiger partial charge < -0.3 is 14.6 Å². The zero-order valence-corrected chi connectivity index (χ0v) is 16.3. The minimum absolute atomic E-state index is 0.654. The van der Waals surface area contributed by atoms with Gasteiger partial charge in [0.25, 0.3) is 0 Å². The molecule has 0 fully saturated rings. The molecular formula is C25H24N2O. The number of methoxy groups -OCH3 is 1. The molecule has 4 aromatic rings. The zero-order valence-electron chi connectivity index (χ0n) is 16.3. The minimum Gasteiger partial charge on any atom is -0.497 e. The lowest BCUT2D eigenvalue weighted by atomic mass is 10.1. The van der Waals surface area contributed by atoms with E-state index in [1.807, 2.05) is 6.07 Å². The standard InChI is InChI=1S/C25H24N2O/c1-18-9-11-24(23(15-18)19(2)28-3)26-22-10-12-25-21(16-22)13-14-27(25)17-20-7-5-4-6-8-20/h4-16,26H,2,17H2,1,3H3. The zero-order chi connectivity index (χ0) is 19.5. The Morgan fingerprint density at radius 3 is 2.61 bits per heavy atom. The summed E-state index contributed by atoms with van der Waals surface area (Å²) in [6.45, 7) is 6.95. The number of hydrogen-bond acceptors (Lipinski definition) is 2. The van der Waals surface area contributed by atoms with Crippen molar-refractivity contribution in [2.75, 3.05) is 12.4 Å². The fourth-order valence-corrected chi connectivity index (χ4v) is 3.46. The topological polar surface area (TPSA) is 26.2 Å². The lowest BCUT2D eigenvalue weighted by Gasteiger charge is -2.14. The first-order valence-corrected chi connectivity index (χ1v) is 9.38. The van der Waals surface area contributed by atoms with Crippen LogP contribution in [0, 0.1) is 6.92 Å². The van der Waals surface area contributed by atoms with Crippen molar-refractivity contribution in [2.45, 2.75) is 13.5 Å². The molecule has 3 nitrogen and oxygen atoms in total. The number of nitrogens with zero attached hydrogens (tertiary/aromatic N) is 1. The number of nitrogens with one attached hydrogen (secondary N) is 1. The fraction of sp³-hybridized carbons (Fsp3) is 0.120. The van der Waals surface area contributed by atoms with E-state index in [1.165, 1.54) is 22.0 Å². The van der Waals surface area contributed by atoms with Crippen molar-refractivity contribution >= 4 is 28.0 Å². The first kappa shape index (κ1) is 17.9. The van der Waals surface area contributed by atoms with Crippen molar-refractivity contribution in [3.8, 4) is 0 Å². The van der Waals surface area contributed by atoms with Crippen LogP contribution >= 0.6 is 0 Å². The molecule has 0 aliphatic rings. The van der Waals surface area contributed by atoms with Crippen LogP contribution in [0.15, 0.2) is 85.6 Å². The maximum Gasteiger partial charge on any atom is 0.121 e. The summed E-state index contributed by atoms with van der Waals surface area (Å²) in [4.78, 5) is 0. The van der Waals surface area contributed by atoms with Crippen LogP contribution < -0.4 is 5.32 Å². The molecule has 1 aromatic heterocycles. The molecule has 0 aliphatic heterocycles. The average Bonchev–Trinajstić information content (AvgIpc) is 3.11. The summed E-state index contributed by atoms with van der Waals surface area (Å²) in [6, 6.07) is 25.4. The van der Waals surface area contributed by atoms with Crippen molar-refractivity contribution in [1.82, 2.24) is 4.57 Å². The Morgan fingerprint density at radius 1 is 1.00 bits per heavy atom. The van der Waals surface area contributed by atoms with Gasteiger partial charge in [0.1, 0.15) is 5.76 Å². The number of rotatable bonds is 6. The van der Waals surface area contributed by atoms with Crippen LogP contribution in [0.25, 0.3) is 16.7 Å². The Balaban J connectivity index is 1.62. The summed E-state index contributed by atoms with van der Waals surface area (Å²) in [5.74, 6) is 0.654. The van der Waals surface area contributed by atoms with Crippen molar-refractivity contribution in [3.05, 3.63) is 102 Å². The predicted molar refractivity (Wildman–Crippen MR) is 118 cm³/mol. The molecule has 140 valence electrons. The smallest absolute Gasteiger partial charge is 0.121 e. The molecule has 0 bridgehead atoms. The maximum atomic E-state index is 5.36. The van der Waals surface area contributed by atoms with E-state index in [2.05, 4.69) is 96.3 Å². The molecule has 0 amide bonds. The van der Waals surface area contributed by atoms with Gasteiger partial charge in [0.2, 0.25) is 0 Å². The molecule has 3 heteroatoms. The number of anilines is 2. The van der Waals surface area contributed by atoms with Gasteiger partial charge in [0, 0.05) is 40.6 Å². The van der Waals surface area contributed by atoms with Crippen LogP contribution in [0.4, 0.5) is 11.4 Å². The van der Waals surface area contributed by atoms with Crippen molar-refractivity contribution in [3.63, 3.8) is 0 Å². The molecule has 0 spiro atoms. The fourth-order valence-electron chi connectivity index (χ4n) is 3.46. The second-order valence-corrected chi connectivity index (χ2v) is 7.00. The minimum atomic E-state index is 0.654. The molecular weight excluding hydrogens is 344 g/mol. The molecule has 0 saturated heterocycles.